The molecule has 0 spiro atoms. The summed E-state index contributed by atoms with van der Waals surface area (Å²) in [4.78, 5) is 11.4. The average Bonchev–Trinajstić information content (AvgIpc) is 2.41. The number of amides is 1. The van der Waals surface area contributed by atoms with Crippen LogP contribution in [-0.2, 0) is 9.53 Å². The van der Waals surface area contributed by atoms with Crippen LogP contribution in [0.1, 0.15) is 24.8 Å². The second-order valence-electron chi connectivity index (χ2n) is 4.07. The molecule has 3 heteroatoms. The van der Waals surface area contributed by atoms with Gasteiger partial charge in [-0.1, -0.05) is 42.5 Å². The Balaban J connectivity index is 2.10. The highest BCUT2D eigenvalue weighted by atomic mass is 16.5. The Morgan fingerprint density at radius 2 is 2.06 bits per heavy atom. The molecule has 3 nitrogen and oxygen atoms in total. The smallest absolute Gasteiger partial charge is 0.220 e. The van der Waals surface area contributed by atoms with E-state index in [4.69, 9.17) is 4.74 Å². The van der Waals surface area contributed by atoms with E-state index in [1.165, 1.54) is 0 Å². The molecule has 0 fully saturated rings. The molecule has 0 aromatic heterocycles. The number of hydrogen-bond donors (Lipinski definition) is 1. The van der Waals surface area contributed by atoms with Crippen molar-refractivity contribution in [2.24, 2.45) is 0 Å². The van der Waals surface area contributed by atoms with Crippen molar-refractivity contribution in [3.05, 3.63) is 42.0 Å². The Morgan fingerprint density at radius 1 is 1.28 bits per heavy atom. The summed E-state index contributed by atoms with van der Waals surface area (Å²) < 4.78 is 4.93. The first-order valence-corrected chi connectivity index (χ1v) is 6.30. The highest BCUT2D eigenvalue weighted by molar-refractivity contribution is 5.76. The summed E-state index contributed by atoms with van der Waals surface area (Å²) in [5.74, 6) is 0.101. The fraction of sp³-hybridized carbons (Fsp3) is 0.400. The quantitative estimate of drug-likeness (QED) is 0.717. The molecule has 98 valence electrons. The standard InChI is InChI=1S/C15H21NO2/c1-18-13-6-5-11-15(17)16-12-7-10-14-8-3-2-4-9-14/h2-4,7-10H,5-6,11-13H2,1H3,(H,16,17)/b10-7+. The van der Waals surface area contributed by atoms with E-state index in [0.29, 0.717) is 13.0 Å². The minimum Gasteiger partial charge on any atom is -0.385 e. The second kappa shape index (κ2) is 9.42. The molecule has 0 heterocycles. The van der Waals surface area contributed by atoms with Crippen LogP contribution >= 0.6 is 0 Å². The lowest BCUT2D eigenvalue weighted by atomic mass is 10.2. The Morgan fingerprint density at radius 3 is 2.78 bits per heavy atom. The van der Waals surface area contributed by atoms with Crippen molar-refractivity contribution in [2.75, 3.05) is 20.3 Å². The molecule has 1 rings (SSSR count). The van der Waals surface area contributed by atoms with Crippen LogP contribution in [0.2, 0.25) is 0 Å². The van der Waals surface area contributed by atoms with Crippen molar-refractivity contribution in [3.8, 4) is 0 Å². The Hall–Kier alpha value is -1.61. The van der Waals surface area contributed by atoms with E-state index in [2.05, 4.69) is 5.32 Å². The van der Waals surface area contributed by atoms with Gasteiger partial charge in [0, 0.05) is 26.7 Å². The van der Waals surface area contributed by atoms with Crippen molar-refractivity contribution in [3.63, 3.8) is 0 Å². The van der Waals surface area contributed by atoms with E-state index >= 15 is 0 Å². The molecule has 0 saturated heterocycles. The number of unbranched alkanes of at least 4 members (excludes halogenated alkanes) is 1. The predicted molar refractivity (Wildman–Crippen MR) is 74.2 cm³/mol. The second-order valence-corrected chi connectivity index (χ2v) is 4.07. The predicted octanol–water partition coefficient (Wildman–Crippen LogP) is 2.63. The van der Waals surface area contributed by atoms with Crippen molar-refractivity contribution in [1.29, 1.82) is 0 Å². The fourth-order valence-corrected chi connectivity index (χ4v) is 1.55. The van der Waals surface area contributed by atoms with Crippen LogP contribution in [0.3, 0.4) is 0 Å². The third-order valence-electron chi connectivity index (χ3n) is 2.53. The maximum absolute atomic E-state index is 11.4. The number of nitrogens with one attached hydrogen (secondary N) is 1. The summed E-state index contributed by atoms with van der Waals surface area (Å²) in [5.41, 5.74) is 1.15. The fourth-order valence-electron chi connectivity index (χ4n) is 1.55. The molecular weight excluding hydrogens is 226 g/mol. The number of methoxy groups -OCH3 is 1. The first kappa shape index (κ1) is 14.5. The lowest BCUT2D eigenvalue weighted by Crippen LogP contribution is -2.22. The highest BCUT2D eigenvalue weighted by Crippen LogP contribution is 2.00. The Bertz CT molecular complexity index is 360. The van der Waals surface area contributed by atoms with Gasteiger partial charge in [0.05, 0.1) is 0 Å². The van der Waals surface area contributed by atoms with Gasteiger partial charge in [-0.3, -0.25) is 4.79 Å². The summed E-state index contributed by atoms with van der Waals surface area (Å²) >= 11 is 0. The number of rotatable bonds is 8. The largest absolute Gasteiger partial charge is 0.385 e. The first-order valence-electron chi connectivity index (χ1n) is 6.30. The molecule has 1 aromatic rings. The van der Waals surface area contributed by atoms with E-state index in [0.717, 1.165) is 25.0 Å². The summed E-state index contributed by atoms with van der Waals surface area (Å²) in [6, 6.07) is 10.0. The van der Waals surface area contributed by atoms with Crippen LogP contribution in [0.5, 0.6) is 0 Å². The van der Waals surface area contributed by atoms with Crippen LogP contribution < -0.4 is 5.32 Å². The summed E-state index contributed by atoms with van der Waals surface area (Å²) in [6.07, 6.45) is 6.35. The average molecular weight is 247 g/mol. The van der Waals surface area contributed by atoms with Gasteiger partial charge in [0.2, 0.25) is 5.91 Å². The molecule has 0 saturated carbocycles. The molecule has 1 N–H and O–H groups in total. The van der Waals surface area contributed by atoms with Crippen molar-refractivity contribution < 1.29 is 9.53 Å². The molecule has 1 aromatic carbocycles. The van der Waals surface area contributed by atoms with Crippen LogP contribution in [0.4, 0.5) is 0 Å². The lowest BCUT2D eigenvalue weighted by Gasteiger charge is -2.02. The maximum Gasteiger partial charge on any atom is 0.220 e. The molecule has 0 atom stereocenters. The number of hydrogen-bond acceptors (Lipinski definition) is 2. The van der Waals surface area contributed by atoms with Gasteiger partial charge >= 0.3 is 0 Å². The zero-order valence-corrected chi connectivity index (χ0v) is 10.9. The summed E-state index contributed by atoms with van der Waals surface area (Å²) in [7, 11) is 1.68. The van der Waals surface area contributed by atoms with Gasteiger partial charge in [0.15, 0.2) is 0 Å². The number of carbonyl (C=O) groups excluding carboxylic acids is 1. The van der Waals surface area contributed by atoms with E-state index in [-0.39, 0.29) is 5.91 Å². The monoisotopic (exact) mass is 247 g/mol. The Labute approximate surface area is 109 Å². The number of carbonyl (C=O) groups is 1. The number of ether oxygens (including phenoxy) is 1. The SMILES string of the molecule is COCCCCC(=O)NC/C=C/c1ccccc1. The summed E-state index contributed by atoms with van der Waals surface area (Å²) in [5, 5.41) is 2.86. The van der Waals surface area contributed by atoms with Gasteiger partial charge in [-0.25, -0.2) is 0 Å². The van der Waals surface area contributed by atoms with Gasteiger partial charge < -0.3 is 10.1 Å². The molecule has 1 amide bonds. The zero-order valence-electron chi connectivity index (χ0n) is 10.9. The first-order chi connectivity index (χ1) is 8.83. The van der Waals surface area contributed by atoms with E-state index in [1.54, 1.807) is 7.11 Å². The molecular formula is C15H21NO2. The normalized spacial score (nSPS) is 10.7. The Kier molecular flexibility index (Phi) is 7.57. The molecule has 0 aliphatic heterocycles. The van der Waals surface area contributed by atoms with Gasteiger partial charge in [0.1, 0.15) is 0 Å². The lowest BCUT2D eigenvalue weighted by molar-refractivity contribution is -0.121. The summed E-state index contributed by atoms with van der Waals surface area (Å²) in [6.45, 7) is 1.30. The van der Waals surface area contributed by atoms with Gasteiger partial charge in [-0.15, -0.1) is 0 Å². The highest BCUT2D eigenvalue weighted by Gasteiger charge is 1.98. The third kappa shape index (κ3) is 6.86. The van der Waals surface area contributed by atoms with Crippen LogP contribution in [0, 0.1) is 0 Å². The van der Waals surface area contributed by atoms with E-state index < -0.39 is 0 Å². The molecule has 0 radical (unpaired) electrons. The van der Waals surface area contributed by atoms with Crippen LogP contribution in [0.15, 0.2) is 36.4 Å². The van der Waals surface area contributed by atoms with Crippen LogP contribution in [-0.4, -0.2) is 26.2 Å². The minimum atomic E-state index is 0.101. The maximum atomic E-state index is 11.4. The topological polar surface area (TPSA) is 38.3 Å². The minimum absolute atomic E-state index is 0.101. The van der Waals surface area contributed by atoms with E-state index in [9.17, 15) is 4.79 Å². The van der Waals surface area contributed by atoms with Crippen LogP contribution in [0.25, 0.3) is 6.08 Å². The van der Waals surface area contributed by atoms with Crippen molar-refractivity contribution in [1.82, 2.24) is 5.32 Å². The van der Waals surface area contributed by atoms with Crippen molar-refractivity contribution in [2.45, 2.75) is 19.3 Å². The third-order valence-corrected chi connectivity index (χ3v) is 2.53. The number of benzene rings is 1. The zero-order chi connectivity index (χ0) is 13.1. The van der Waals surface area contributed by atoms with Gasteiger partial charge in [-0.05, 0) is 18.4 Å². The van der Waals surface area contributed by atoms with Crippen molar-refractivity contribution >= 4 is 12.0 Å². The molecule has 0 bridgehead atoms. The van der Waals surface area contributed by atoms with Gasteiger partial charge in [0.25, 0.3) is 0 Å². The van der Waals surface area contributed by atoms with E-state index in [1.807, 2.05) is 42.5 Å². The molecule has 0 unspecified atom stereocenters. The molecule has 0 aliphatic rings. The molecule has 0 aliphatic carbocycles. The van der Waals surface area contributed by atoms with Gasteiger partial charge in [-0.2, -0.15) is 0 Å². The molecule has 18 heavy (non-hydrogen) atoms.